The van der Waals surface area contributed by atoms with E-state index in [1.54, 1.807) is 0 Å². The van der Waals surface area contributed by atoms with Gasteiger partial charge in [0.1, 0.15) is 11.6 Å². The second-order valence-electron chi connectivity index (χ2n) is 11.9. The zero-order valence-corrected chi connectivity index (χ0v) is 18.9. The van der Waals surface area contributed by atoms with Crippen LogP contribution >= 0.6 is 0 Å². The van der Waals surface area contributed by atoms with Gasteiger partial charge in [-0.2, -0.15) is 0 Å². The SMILES string of the molecule is CC(C)C1=C[C@@]23CC[C@@H]4[C@](C)(CCC[C@@]4(C)C(=O)O)[C@H]2C[C@H]1[C@H]1C(=O)CCC(=O)[C@H]13. The van der Waals surface area contributed by atoms with E-state index < -0.39 is 11.4 Å². The van der Waals surface area contributed by atoms with Crippen LogP contribution < -0.4 is 0 Å². The van der Waals surface area contributed by atoms with Gasteiger partial charge in [-0.1, -0.05) is 38.8 Å². The van der Waals surface area contributed by atoms with Crippen molar-refractivity contribution in [3.05, 3.63) is 11.6 Å². The third-order valence-electron chi connectivity index (χ3n) is 10.5. The molecule has 4 fully saturated rings. The molecule has 0 saturated heterocycles. The molecule has 0 radical (unpaired) electrons. The number of Topliss-reactive ketones (excluding diaryl/α,β-unsaturated/α-hetero) is 2. The van der Waals surface area contributed by atoms with Crippen LogP contribution in [0, 0.1) is 51.8 Å². The molecule has 164 valence electrons. The first-order chi connectivity index (χ1) is 14.1. The van der Waals surface area contributed by atoms with Gasteiger partial charge in [0.15, 0.2) is 0 Å². The maximum absolute atomic E-state index is 13.3. The van der Waals surface area contributed by atoms with Gasteiger partial charge in [0, 0.05) is 30.1 Å². The lowest BCUT2D eigenvalue weighted by Crippen LogP contribution is -2.67. The number of rotatable bonds is 2. The number of carbonyl (C=O) groups excluding carboxylic acids is 2. The number of hydrogen-bond donors (Lipinski definition) is 1. The number of carboxylic acid groups (broad SMARTS) is 1. The third kappa shape index (κ3) is 2.31. The predicted molar refractivity (Wildman–Crippen MR) is 114 cm³/mol. The molecule has 0 aliphatic heterocycles. The molecule has 4 saturated carbocycles. The standard InChI is InChI=1S/C26H36O4/c1-14(2)16-13-26-11-8-19-24(3,9-5-10-25(19,4)23(29)30)20(26)12-15(16)21-17(27)6-7-18(28)22(21)26/h13-15,19-22H,5-12H2,1-4H3,(H,29,30)/t15-,19-,20-,21+,22-,24+,25-,26+/m1/s1. The first kappa shape index (κ1) is 20.5. The number of aliphatic carboxylic acids is 1. The Morgan fingerprint density at radius 3 is 2.43 bits per heavy atom. The third-order valence-corrected chi connectivity index (χ3v) is 10.5. The van der Waals surface area contributed by atoms with Gasteiger partial charge >= 0.3 is 5.97 Å². The smallest absolute Gasteiger partial charge is 0.309 e. The summed E-state index contributed by atoms with van der Waals surface area (Å²) >= 11 is 0. The Hall–Kier alpha value is -1.45. The molecule has 0 heterocycles. The summed E-state index contributed by atoms with van der Waals surface area (Å²) in [5.41, 5.74) is 0.400. The van der Waals surface area contributed by atoms with Crippen molar-refractivity contribution in [2.45, 2.75) is 79.1 Å². The molecule has 1 spiro atoms. The molecule has 6 rings (SSSR count). The van der Waals surface area contributed by atoms with E-state index in [-0.39, 0.29) is 34.5 Å². The van der Waals surface area contributed by atoms with E-state index in [1.165, 1.54) is 5.57 Å². The first-order valence-corrected chi connectivity index (χ1v) is 12.1. The highest BCUT2D eigenvalue weighted by molar-refractivity contribution is 5.98. The van der Waals surface area contributed by atoms with Crippen LogP contribution in [0.1, 0.15) is 79.1 Å². The minimum absolute atomic E-state index is 0.0767. The van der Waals surface area contributed by atoms with Crippen LogP contribution in [0.3, 0.4) is 0 Å². The van der Waals surface area contributed by atoms with Crippen molar-refractivity contribution in [3.8, 4) is 0 Å². The number of carboxylic acids is 1. The Morgan fingerprint density at radius 1 is 1.07 bits per heavy atom. The largest absolute Gasteiger partial charge is 0.481 e. The van der Waals surface area contributed by atoms with E-state index in [4.69, 9.17) is 0 Å². The predicted octanol–water partition coefficient (Wildman–Crippen LogP) is 5.06. The van der Waals surface area contributed by atoms with E-state index in [2.05, 4.69) is 26.8 Å². The Bertz CT molecular complexity index is 855. The maximum Gasteiger partial charge on any atom is 0.309 e. The molecule has 0 amide bonds. The van der Waals surface area contributed by atoms with Crippen molar-refractivity contribution in [1.82, 2.24) is 0 Å². The summed E-state index contributed by atoms with van der Waals surface area (Å²) in [5.74, 6) is 0.677. The summed E-state index contributed by atoms with van der Waals surface area (Å²) in [6.07, 6.45) is 8.70. The highest BCUT2D eigenvalue weighted by Crippen LogP contribution is 2.74. The van der Waals surface area contributed by atoms with Gasteiger partial charge in [-0.25, -0.2) is 0 Å². The summed E-state index contributed by atoms with van der Waals surface area (Å²) in [5, 5.41) is 10.1. The Morgan fingerprint density at radius 2 is 1.77 bits per heavy atom. The van der Waals surface area contributed by atoms with Crippen molar-refractivity contribution in [2.24, 2.45) is 51.8 Å². The van der Waals surface area contributed by atoms with E-state index in [0.29, 0.717) is 36.2 Å². The van der Waals surface area contributed by atoms with E-state index in [0.717, 1.165) is 38.5 Å². The summed E-state index contributed by atoms with van der Waals surface area (Å²) in [4.78, 5) is 38.8. The van der Waals surface area contributed by atoms with Gasteiger partial charge in [0.25, 0.3) is 0 Å². The van der Waals surface area contributed by atoms with Crippen molar-refractivity contribution in [2.75, 3.05) is 0 Å². The van der Waals surface area contributed by atoms with Crippen molar-refractivity contribution in [1.29, 1.82) is 0 Å². The van der Waals surface area contributed by atoms with Gasteiger partial charge in [-0.05, 0) is 68.1 Å². The zero-order valence-electron chi connectivity index (χ0n) is 18.9. The van der Waals surface area contributed by atoms with Gasteiger partial charge in [0.2, 0.25) is 0 Å². The Kier molecular flexibility index (Phi) is 4.29. The Balaban J connectivity index is 1.67. The van der Waals surface area contributed by atoms with Gasteiger partial charge < -0.3 is 5.11 Å². The minimum atomic E-state index is -0.679. The van der Waals surface area contributed by atoms with Crippen LogP contribution in [0.5, 0.6) is 0 Å². The van der Waals surface area contributed by atoms with Crippen LogP contribution in [0.25, 0.3) is 0 Å². The minimum Gasteiger partial charge on any atom is -0.481 e. The first-order valence-electron chi connectivity index (χ1n) is 12.1. The molecule has 0 aromatic carbocycles. The molecule has 0 aromatic rings. The number of ketones is 2. The number of fused-ring (bicyclic) bond motifs is 1. The van der Waals surface area contributed by atoms with Gasteiger partial charge in [-0.15, -0.1) is 0 Å². The topological polar surface area (TPSA) is 71.4 Å². The molecular weight excluding hydrogens is 376 g/mol. The fourth-order valence-electron chi connectivity index (χ4n) is 9.34. The van der Waals surface area contributed by atoms with Crippen LogP contribution in [0.15, 0.2) is 11.6 Å². The summed E-state index contributed by atoms with van der Waals surface area (Å²) in [6, 6.07) is 0. The maximum atomic E-state index is 13.3. The van der Waals surface area contributed by atoms with Crippen LogP contribution in [-0.4, -0.2) is 22.6 Å². The second kappa shape index (κ2) is 6.29. The fourth-order valence-corrected chi connectivity index (χ4v) is 9.34. The molecule has 2 bridgehead atoms. The molecule has 6 aliphatic rings. The number of hydrogen-bond acceptors (Lipinski definition) is 3. The monoisotopic (exact) mass is 412 g/mol. The molecule has 6 aliphatic carbocycles. The Labute approximate surface area is 179 Å². The van der Waals surface area contributed by atoms with Crippen LogP contribution in [0.4, 0.5) is 0 Å². The van der Waals surface area contributed by atoms with E-state index in [9.17, 15) is 19.5 Å². The van der Waals surface area contributed by atoms with E-state index in [1.807, 2.05) is 6.92 Å². The molecule has 0 unspecified atom stereocenters. The normalized spacial score (nSPS) is 49.9. The lowest BCUT2D eigenvalue weighted by Gasteiger charge is -2.70. The molecule has 8 atom stereocenters. The summed E-state index contributed by atoms with van der Waals surface area (Å²) in [7, 11) is 0. The van der Waals surface area contributed by atoms with E-state index >= 15 is 0 Å². The summed E-state index contributed by atoms with van der Waals surface area (Å²) in [6.45, 7) is 8.73. The second-order valence-corrected chi connectivity index (χ2v) is 11.9. The number of carbonyl (C=O) groups is 3. The van der Waals surface area contributed by atoms with Crippen LogP contribution in [0.2, 0.25) is 0 Å². The molecule has 4 heteroatoms. The lowest BCUT2D eigenvalue weighted by atomic mass is 9.33. The molecule has 30 heavy (non-hydrogen) atoms. The average molecular weight is 413 g/mol. The molecule has 4 nitrogen and oxygen atoms in total. The zero-order chi connectivity index (χ0) is 21.6. The molecular formula is C26H36O4. The number of allylic oxidation sites excluding steroid dienone is 2. The van der Waals surface area contributed by atoms with Gasteiger partial charge in [0.05, 0.1) is 5.41 Å². The quantitative estimate of drug-likeness (QED) is 0.644. The fraction of sp³-hybridized carbons (Fsp3) is 0.808. The van der Waals surface area contributed by atoms with Crippen molar-refractivity contribution < 1.29 is 19.5 Å². The summed E-state index contributed by atoms with van der Waals surface area (Å²) < 4.78 is 0. The molecule has 1 N–H and O–H groups in total. The van der Waals surface area contributed by atoms with Crippen LogP contribution in [-0.2, 0) is 14.4 Å². The van der Waals surface area contributed by atoms with Gasteiger partial charge in [-0.3, -0.25) is 14.4 Å². The molecule has 0 aromatic heterocycles. The highest BCUT2D eigenvalue weighted by Gasteiger charge is 2.70. The average Bonchev–Trinajstić information content (AvgIpc) is 2.69. The highest BCUT2D eigenvalue weighted by atomic mass is 16.4. The van der Waals surface area contributed by atoms with Crippen molar-refractivity contribution in [3.63, 3.8) is 0 Å². The lowest BCUT2D eigenvalue weighted by molar-refractivity contribution is -0.200. The van der Waals surface area contributed by atoms with Crippen molar-refractivity contribution >= 4 is 17.5 Å².